The van der Waals surface area contributed by atoms with E-state index in [-0.39, 0.29) is 11.7 Å². The van der Waals surface area contributed by atoms with Crippen molar-refractivity contribution < 1.29 is 24.8 Å². The van der Waals surface area contributed by atoms with Crippen molar-refractivity contribution in [2.75, 3.05) is 18.5 Å². The average molecular weight is 370 g/mol. The minimum Gasteiger partial charge on any atom is -0.494 e. The third kappa shape index (κ3) is 5.79. The molecule has 5 N–H and O–H groups in total. The molecule has 0 amide bonds. The molecule has 8 heteroatoms. The van der Waals surface area contributed by atoms with E-state index in [2.05, 4.69) is 24.5 Å². The molecule has 1 aromatic carbocycles. The lowest BCUT2D eigenvalue weighted by atomic mass is 10.1. The highest BCUT2D eigenvalue weighted by atomic mass is 32.1. The van der Waals surface area contributed by atoms with E-state index < -0.39 is 24.5 Å². The minimum atomic E-state index is -1.17. The average Bonchev–Trinajstić information content (AvgIpc) is 2.84. The summed E-state index contributed by atoms with van der Waals surface area (Å²) in [5, 5.41) is 34.7. The summed E-state index contributed by atoms with van der Waals surface area (Å²) in [6.07, 6.45) is -3.05. The van der Waals surface area contributed by atoms with Gasteiger partial charge >= 0.3 is 0 Å². The number of benzene rings is 1. The second-order valence-electron chi connectivity index (χ2n) is 6.41. The molecule has 140 valence electrons. The zero-order valence-corrected chi connectivity index (χ0v) is 15.2. The second kappa shape index (κ2) is 9.30. The molecule has 0 radical (unpaired) electrons. The third-order valence-corrected chi connectivity index (χ3v) is 4.11. The van der Waals surface area contributed by atoms with E-state index in [9.17, 15) is 10.2 Å². The summed E-state index contributed by atoms with van der Waals surface area (Å²) in [6, 6.07) is 7.35. The van der Waals surface area contributed by atoms with E-state index in [4.69, 9.17) is 26.8 Å². The van der Waals surface area contributed by atoms with Crippen molar-refractivity contribution in [2.45, 2.75) is 44.8 Å². The number of thiocarbonyl (C=S) groups is 1. The van der Waals surface area contributed by atoms with Crippen LogP contribution in [0.15, 0.2) is 24.3 Å². The van der Waals surface area contributed by atoms with Crippen molar-refractivity contribution in [3.05, 3.63) is 24.3 Å². The van der Waals surface area contributed by atoms with Gasteiger partial charge in [-0.05, 0) is 48.8 Å². The first kappa shape index (κ1) is 19.9. The summed E-state index contributed by atoms with van der Waals surface area (Å²) in [5.41, 5.74) is 0.750. The highest BCUT2D eigenvalue weighted by Gasteiger charge is 2.42. The number of rotatable bonds is 7. The predicted molar refractivity (Wildman–Crippen MR) is 98.5 cm³/mol. The fourth-order valence-corrected chi connectivity index (χ4v) is 2.60. The molecule has 1 aliphatic rings. The van der Waals surface area contributed by atoms with Gasteiger partial charge in [0.05, 0.1) is 13.2 Å². The van der Waals surface area contributed by atoms with Gasteiger partial charge in [-0.25, -0.2) is 0 Å². The Morgan fingerprint density at radius 3 is 2.48 bits per heavy atom. The van der Waals surface area contributed by atoms with Gasteiger partial charge in [-0.1, -0.05) is 13.8 Å². The van der Waals surface area contributed by atoms with Crippen LogP contribution in [0.4, 0.5) is 5.69 Å². The van der Waals surface area contributed by atoms with Crippen LogP contribution in [-0.2, 0) is 4.74 Å². The molecular weight excluding hydrogens is 344 g/mol. The van der Waals surface area contributed by atoms with E-state index in [1.165, 1.54) is 0 Å². The van der Waals surface area contributed by atoms with Gasteiger partial charge in [0.1, 0.15) is 24.1 Å². The van der Waals surface area contributed by atoms with Crippen molar-refractivity contribution in [1.82, 2.24) is 5.32 Å². The number of nitrogens with one attached hydrogen (secondary N) is 2. The van der Waals surface area contributed by atoms with Crippen LogP contribution in [0, 0.1) is 5.92 Å². The molecule has 0 aromatic heterocycles. The van der Waals surface area contributed by atoms with Crippen LogP contribution in [0.1, 0.15) is 20.3 Å². The van der Waals surface area contributed by atoms with Crippen LogP contribution >= 0.6 is 12.2 Å². The van der Waals surface area contributed by atoms with E-state index in [1.807, 2.05) is 24.3 Å². The molecular formula is C17H26N2O5S. The summed E-state index contributed by atoms with van der Waals surface area (Å²) in [4.78, 5) is 0. The summed E-state index contributed by atoms with van der Waals surface area (Å²) in [6.45, 7) is 4.60. The van der Waals surface area contributed by atoms with Gasteiger partial charge in [-0.3, -0.25) is 0 Å². The predicted octanol–water partition coefficient (Wildman–Crippen LogP) is 0.837. The Morgan fingerprint density at radius 2 is 1.92 bits per heavy atom. The summed E-state index contributed by atoms with van der Waals surface area (Å²) in [5.74, 6) is 1.38. The number of aliphatic hydroxyl groups excluding tert-OH is 3. The Bertz CT molecular complexity index is 554. The number of anilines is 1. The van der Waals surface area contributed by atoms with Crippen molar-refractivity contribution in [2.24, 2.45) is 5.92 Å². The Morgan fingerprint density at radius 1 is 1.24 bits per heavy atom. The smallest absolute Gasteiger partial charge is 0.172 e. The van der Waals surface area contributed by atoms with Crippen LogP contribution < -0.4 is 15.4 Å². The Kier molecular flexibility index (Phi) is 7.39. The first-order valence-electron chi connectivity index (χ1n) is 8.33. The SMILES string of the molecule is CC(C)CCOc1ccc(NC(=S)N[C@@H]2O[C@H](CO)[C@@H](O)[C@H]2O)cc1. The van der Waals surface area contributed by atoms with Crippen LogP contribution in [0.3, 0.4) is 0 Å². The van der Waals surface area contributed by atoms with Gasteiger partial charge < -0.3 is 35.4 Å². The fourth-order valence-electron chi connectivity index (χ4n) is 2.36. The van der Waals surface area contributed by atoms with Crippen LogP contribution in [-0.4, -0.2) is 58.2 Å². The molecule has 0 bridgehead atoms. The van der Waals surface area contributed by atoms with Crippen molar-refractivity contribution >= 4 is 23.0 Å². The quantitative estimate of drug-likeness (QED) is 0.450. The lowest BCUT2D eigenvalue weighted by molar-refractivity contribution is -0.0260. The number of hydrogen-bond donors (Lipinski definition) is 5. The zero-order chi connectivity index (χ0) is 18.4. The Hall–Kier alpha value is -1.45. The summed E-state index contributed by atoms with van der Waals surface area (Å²) in [7, 11) is 0. The summed E-state index contributed by atoms with van der Waals surface area (Å²) >= 11 is 5.18. The fraction of sp³-hybridized carbons (Fsp3) is 0.588. The van der Waals surface area contributed by atoms with Gasteiger partial charge in [-0.2, -0.15) is 0 Å². The molecule has 1 aromatic rings. The third-order valence-electron chi connectivity index (χ3n) is 3.89. The molecule has 1 heterocycles. The number of hydrogen-bond acceptors (Lipinski definition) is 6. The normalized spacial score (nSPS) is 25.8. The standard InChI is InChI=1S/C17H26N2O5S/c1-10(2)7-8-23-12-5-3-11(4-6-12)18-17(25)19-16-15(22)14(21)13(9-20)24-16/h3-6,10,13-16,20-22H,7-9H2,1-2H3,(H2,18,19,25)/t13-,14-,15-,16-/m1/s1. The topological polar surface area (TPSA) is 103 Å². The first-order chi connectivity index (χ1) is 11.9. The molecule has 1 saturated heterocycles. The van der Waals surface area contributed by atoms with E-state index in [0.29, 0.717) is 12.5 Å². The van der Waals surface area contributed by atoms with Gasteiger partial charge in [0.2, 0.25) is 0 Å². The number of aliphatic hydroxyl groups is 3. The molecule has 4 atom stereocenters. The minimum absolute atomic E-state index is 0.239. The van der Waals surface area contributed by atoms with Crippen LogP contribution in [0.25, 0.3) is 0 Å². The highest BCUT2D eigenvalue weighted by Crippen LogP contribution is 2.20. The van der Waals surface area contributed by atoms with E-state index in [1.54, 1.807) is 0 Å². The second-order valence-corrected chi connectivity index (χ2v) is 6.82. The molecule has 2 rings (SSSR count). The van der Waals surface area contributed by atoms with Crippen molar-refractivity contribution in [3.8, 4) is 5.75 Å². The summed E-state index contributed by atoms with van der Waals surface area (Å²) < 4.78 is 11.0. The van der Waals surface area contributed by atoms with Gasteiger partial charge in [0.15, 0.2) is 11.3 Å². The molecule has 25 heavy (non-hydrogen) atoms. The first-order valence-corrected chi connectivity index (χ1v) is 8.74. The maximum absolute atomic E-state index is 9.88. The molecule has 1 aliphatic heterocycles. The maximum Gasteiger partial charge on any atom is 0.172 e. The lowest BCUT2D eigenvalue weighted by Gasteiger charge is -2.19. The monoisotopic (exact) mass is 370 g/mol. The van der Waals surface area contributed by atoms with E-state index in [0.717, 1.165) is 17.9 Å². The largest absolute Gasteiger partial charge is 0.494 e. The molecule has 0 unspecified atom stereocenters. The van der Waals surface area contributed by atoms with E-state index >= 15 is 0 Å². The molecule has 7 nitrogen and oxygen atoms in total. The van der Waals surface area contributed by atoms with Gasteiger partial charge in [0.25, 0.3) is 0 Å². The maximum atomic E-state index is 9.88. The molecule has 1 fully saturated rings. The molecule has 0 aliphatic carbocycles. The highest BCUT2D eigenvalue weighted by molar-refractivity contribution is 7.80. The number of ether oxygens (including phenoxy) is 2. The zero-order valence-electron chi connectivity index (χ0n) is 14.4. The van der Waals surface area contributed by atoms with Crippen molar-refractivity contribution in [1.29, 1.82) is 0 Å². The molecule has 0 saturated carbocycles. The van der Waals surface area contributed by atoms with Crippen LogP contribution in [0.2, 0.25) is 0 Å². The van der Waals surface area contributed by atoms with Gasteiger partial charge in [-0.15, -0.1) is 0 Å². The van der Waals surface area contributed by atoms with Gasteiger partial charge in [0, 0.05) is 5.69 Å². The Balaban J connectivity index is 1.80. The lowest BCUT2D eigenvalue weighted by Crippen LogP contribution is -2.45. The van der Waals surface area contributed by atoms with Crippen molar-refractivity contribution in [3.63, 3.8) is 0 Å². The molecule has 0 spiro atoms. The Labute approximate surface area is 153 Å². The van der Waals surface area contributed by atoms with Crippen LogP contribution in [0.5, 0.6) is 5.75 Å².